The zero-order valence-electron chi connectivity index (χ0n) is 9.95. The maximum Gasteiger partial charge on any atom is 0.123 e. The van der Waals surface area contributed by atoms with Gasteiger partial charge in [-0.3, -0.25) is 5.84 Å². The minimum absolute atomic E-state index is 0.166. The van der Waals surface area contributed by atoms with Crippen LogP contribution in [0.3, 0.4) is 0 Å². The van der Waals surface area contributed by atoms with Gasteiger partial charge in [0, 0.05) is 4.47 Å². The molecule has 0 heterocycles. The predicted molar refractivity (Wildman–Crippen MR) is 74.4 cm³/mol. The SMILES string of the molecule is Cc1cc(F)ccc1C(NN)c1ccccc1Br. The molecule has 18 heavy (non-hydrogen) atoms. The fourth-order valence-corrected chi connectivity index (χ4v) is 2.53. The third-order valence-electron chi connectivity index (χ3n) is 2.93. The molecular weight excluding hydrogens is 295 g/mol. The zero-order chi connectivity index (χ0) is 13.1. The van der Waals surface area contributed by atoms with Crippen LogP contribution in [-0.4, -0.2) is 0 Å². The first-order chi connectivity index (χ1) is 8.63. The number of halogens is 2. The first-order valence-electron chi connectivity index (χ1n) is 5.60. The Balaban J connectivity index is 2.49. The molecule has 2 rings (SSSR count). The van der Waals surface area contributed by atoms with Gasteiger partial charge in [0.2, 0.25) is 0 Å². The van der Waals surface area contributed by atoms with Crippen molar-refractivity contribution in [1.29, 1.82) is 0 Å². The van der Waals surface area contributed by atoms with Crippen LogP contribution < -0.4 is 11.3 Å². The molecule has 3 N–H and O–H groups in total. The van der Waals surface area contributed by atoms with E-state index in [4.69, 9.17) is 5.84 Å². The van der Waals surface area contributed by atoms with Crippen molar-refractivity contribution in [2.24, 2.45) is 5.84 Å². The molecule has 0 aliphatic rings. The molecule has 2 aromatic carbocycles. The van der Waals surface area contributed by atoms with E-state index in [9.17, 15) is 4.39 Å². The minimum Gasteiger partial charge on any atom is -0.271 e. The van der Waals surface area contributed by atoms with E-state index >= 15 is 0 Å². The molecule has 0 aliphatic heterocycles. The Hall–Kier alpha value is -1.23. The zero-order valence-corrected chi connectivity index (χ0v) is 11.5. The van der Waals surface area contributed by atoms with Gasteiger partial charge in [-0.05, 0) is 41.8 Å². The second-order valence-corrected chi connectivity index (χ2v) is 4.98. The lowest BCUT2D eigenvalue weighted by Crippen LogP contribution is -2.29. The lowest BCUT2D eigenvalue weighted by molar-refractivity contribution is 0.611. The Morgan fingerprint density at radius 3 is 2.50 bits per heavy atom. The van der Waals surface area contributed by atoms with Crippen LogP contribution in [0.4, 0.5) is 4.39 Å². The molecule has 0 radical (unpaired) electrons. The van der Waals surface area contributed by atoms with E-state index in [1.165, 1.54) is 12.1 Å². The maximum absolute atomic E-state index is 13.1. The Labute approximate surface area is 114 Å². The van der Waals surface area contributed by atoms with E-state index in [1.807, 2.05) is 31.2 Å². The summed E-state index contributed by atoms with van der Waals surface area (Å²) >= 11 is 3.50. The quantitative estimate of drug-likeness (QED) is 0.673. The maximum atomic E-state index is 13.1. The number of nitrogens with one attached hydrogen (secondary N) is 1. The standard InChI is InChI=1S/C14H14BrFN2/c1-9-8-10(16)6-7-11(9)14(18-17)12-4-2-3-5-13(12)15/h2-8,14,18H,17H2,1H3. The number of hydrogen-bond donors (Lipinski definition) is 2. The van der Waals surface area contributed by atoms with Crippen molar-refractivity contribution in [3.8, 4) is 0 Å². The molecule has 1 atom stereocenters. The largest absolute Gasteiger partial charge is 0.271 e. The van der Waals surface area contributed by atoms with Crippen LogP contribution in [0, 0.1) is 12.7 Å². The third kappa shape index (κ3) is 2.61. The number of benzene rings is 2. The van der Waals surface area contributed by atoms with Crippen LogP contribution in [0.2, 0.25) is 0 Å². The van der Waals surface area contributed by atoms with E-state index < -0.39 is 0 Å². The highest BCUT2D eigenvalue weighted by Gasteiger charge is 2.17. The topological polar surface area (TPSA) is 38.0 Å². The average molecular weight is 309 g/mol. The molecule has 0 amide bonds. The van der Waals surface area contributed by atoms with Crippen molar-refractivity contribution in [1.82, 2.24) is 5.43 Å². The second-order valence-electron chi connectivity index (χ2n) is 4.12. The summed E-state index contributed by atoms with van der Waals surface area (Å²) in [5.74, 6) is 5.41. The van der Waals surface area contributed by atoms with Crippen LogP contribution in [0.5, 0.6) is 0 Å². The smallest absolute Gasteiger partial charge is 0.123 e. The van der Waals surface area contributed by atoms with Crippen molar-refractivity contribution in [2.75, 3.05) is 0 Å². The monoisotopic (exact) mass is 308 g/mol. The molecule has 0 saturated heterocycles. The molecule has 0 saturated carbocycles. The van der Waals surface area contributed by atoms with Gasteiger partial charge in [-0.2, -0.15) is 0 Å². The van der Waals surface area contributed by atoms with E-state index in [-0.39, 0.29) is 11.9 Å². The van der Waals surface area contributed by atoms with E-state index in [0.717, 1.165) is 21.2 Å². The first kappa shape index (κ1) is 13.2. The number of hydrogen-bond acceptors (Lipinski definition) is 2. The highest BCUT2D eigenvalue weighted by atomic mass is 79.9. The van der Waals surface area contributed by atoms with E-state index in [0.29, 0.717) is 0 Å². The third-order valence-corrected chi connectivity index (χ3v) is 3.65. The van der Waals surface area contributed by atoms with Crippen LogP contribution >= 0.6 is 15.9 Å². The summed E-state index contributed by atoms with van der Waals surface area (Å²) in [7, 11) is 0. The summed E-state index contributed by atoms with van der Waals surface area (Å²) in [6.07, 6.45) is 0. The molecule has 0 fully saturated rings. The van der Waals surface area contributed by atoms with Gasteiger partial charge in [0.15, 0.2) is 0 Å². The Morgan fingerprint density at radius 2 is 1.89 bits per heavy atom. The van der Waals surface area contributed by atoms with Crippen molar-refractivity contribution in [2.45, 2.75) is 13.0 Å². The lowest BCUT2D eigenvalue weighted by Gasteiger charge is -2.20. The van der Waals surface area contributed by atoms with Crippen molar-refractivity contribution < 1.29 is 4.39 Å². The van der Waals surface area contributed by atoms with Crippen molar-refractivity contribution in [3.63, 3.8) is 0 Å². The van der Waals surface area contributed by atoms with Crippen LogP contribution in [0.15, 0.2) is 46.9 Å². The molecule has 4 heteroatoms. The van der Waals surface area contributed by atoms with Gasteiger partial charge in [-0.25, -0.2) is 9.82 Å². The highest BCUT2D eigenvalue weighted by Crippen LogP contribution is 2.29. The van der Waals surface area contributed by atoms with Gasteiger partial charge >= 0.3 is 0 Å². The summed E-state index contributed by atoms with van der Waals surface area (Å²) in [6.45, 7) is 1.87. The Bertz CT molecular complexity index is 557. The van der Waals surface area contributed by atoms with E-state index in [1.54, 1.807) is 6.07 Å². The molecule has 0 aliphatic carbocycles. The van der Waals surface area contributed by atoms with Gasteiger partial charge in [0.1, 0.15) is 5.82 Å². The lowest BCUT2D eigenvalue weighted by atomic mass is 9.95. The van der Waals surface area contributed by atoms with Crippen LogP contribution in [0.25, 0.3) is 0 Å². The first-order valence-corrected chi connectivity index (χ1v) is 6.39. The molecule has 0 spiro atoms. The molecule has 0 aromatic heterocycles. The summed E-state index contributed by atoms with van der Waals surface area (Å²) in [5, 5.41) is 0. The molecule has 94 valence electrons. The summed E-state index contributed by atoms with van der Waals surface area (Å²) < 4.78 is 14.1. The van der Waals surface area contributed by atoms with Gasteiger partial charge < -0.3 is 0 Å². The molecule has 2 aromatic rings. The molecule has 2 nitrogen and oxygen atoms in total. The summed E-state index contributed by atoms with van der Waals surface area (Å²) in [6, 6.07) is 12.4. The van der Waals surface area contributed by atoms with Crippen molar-refractivity contribution in [3.05, 3.63) is 69.4 Å². The van der Waals surface area contributed by atoms with Crippen molar-refractivity contribution >= 4 is 15.9 Å². The molecule has 0 bridgehead atoms. The number of aryl methyl sites for hydroxylation is 1. The van der Waals surface area contributed by atoms with Gasteiger partial charge in [0.05, 0.1) is 6.04 Å². The molecular formula is C14H14BrFN2. The summed E-state index contributed by atoms with van der Waals surface area (Å²) in [4.78, 5) is 0. The highest BCUT2D eigenvalue weighted by molar-refractivity contribution is 9.10. The summed E-state index contributed by atoms with van der Waals surface area (Å²) in [5.41, 5.74) is 5.64. The number of hydrazine groups is 1. The van der Waals surface area contributed by atoms with Gasteiger partial charge in [-0.1, -0.05) is 40.2 Å². The Kier molecular flexibility index (Phi) is 4.11. The fraction of sp³-hybridized carbons (Fsp3) is 0.143. The second kappa shape index (κ2) is 5.61. The number of rotatable bonds is 3. The number of nitrogens with two attached hydrogens (primary N) is 1. The molecule has 1 unspecified atom stereocenters. The van der Waals surface area contributed by atoms with Crippen LogP contribution in [-0.2, 0) is 0 Å². The van der Waals surface area contributed by atoms with Gasteiger partial charge in [-0.15, -0.1) is 0 Å². The van der Waals surface area contributed by atoms with E-state index in [2.05, 4.69) is 21.4 Å². The van der Waals surface area contributed by atoms with Crippen LogP contribution in [0.1, 0.15) is 22.7 Å². The Morgan fingerprint density at radius 1 is 1.17 bits per heavy atom. The fourth-order valence-electron chi connectivity index (χ4n) is 2.02. The predicted octanol–water partition coefficient (Wildman–Crippen LogP) is 3.45. The minimum atomic E-state index is -0.237. The van der Waals surface area contributed by atoms with Gasteiger partial charge in [0.25, 0.3) is 0 Å². The average Bonchev–Trinajstić information content (AvgIpc) is 2.34. The normalized spacial score (nSPS) is 12.4.